The number of nitrogens with zero attached hydrogens (tertiary/aromatic N) is 2. The maximum Gasteiger partial charge on any atom is 0.352 e. The van der Waals surface area contributed by atoms with Crippen molar-refractivity contribution in [2.24, 2.45) is 5.10 Å². The van der Waals surface area contributed by atoms with Crippen LogP contribution in [0.15, 0.2) is 29.4 Å². The van der Waals surface area contributed by atoms with Crippen molar-refractivity contribution < 1.29 is 4.79 Å². The van der Waals surface area contributed by atoms with Gasteiger partial charge in [0.15, 0.2) is 0 Å². The van der Waals surface area contributed by atoms with Crippen LogP contribution < -0.4 is 5.43 Å². The number of amides is 1. The number of fused-ring (bicyclic) bond motifs is 1. The lowest BCUT2D eigenvalue weighted by Crippen LogP contribution is -2.30. The number of anilines is 1. The van der Waals surface area contributed by atoms with Gasteiger partial charge in [0.2, 0.25) is 0 Å². The Kier molecular flexibility index (Phi) is 1.86. The summed E-state index contributed by atoms with van der Waals surface area (Å²) < 4.78 is 0. The zero-order chi connectivity index (χ0) is 9.26. The van der Waals surface area contributed by atoms with Crippen LogP contribution in [0.5, 0.6) is 0 Å². The van der Waals surface area contributed by atoms with Gasteiger partial charge < -0.3 is 0 Å². The Morgan fingerprint density at radius 3 is 3.00 bits per heavy atom. The number of para-hydroxylation sites is 1. The third kappa shape index (κ3) is 1.46. The largest absolute Gasteiger partial charge is 0.352 e. The molecule has 65 valence electrons. The summed E-state index contributed by atoms with van der Waals surface area (Å²) >= 11 is 4.44. The molecule has 0 fully saturated rings. The smallest absolute Gasteiger partial charge is 0.273 e. The molecule has 0 unspecified atom stereocenters. The van der Waals surface area contributed by atoms with Gasteiger partial charge in [-0.05, 0) is 18.7 Å². The van der Waals surface area contributed by atoms with Crippen molar-refractivity contribution >= 4 is 29.8 Å². The summed E-state index contributed by atoms with van der Waals surface area (Å²) in [5.41, 5.74) is 4.55. The van der Waals surface area contributed by atoms with Crippen molar-refractivity contribution in [2.75, 3.05) is 5.43 Å². The van der Waals surface area contributed by atoms with E-state index in [1.165, 1.54) is 0 Å². The fourth-order valence-corrected chi connectivity index (χ4v) is 1.16. The molecule has 1 radical (unpaired) electrons. The second-order valence-electron chi connectivity index (χ2n) is 2.52. The summed E-state index contributed by atoms with van der Waals surface area (Å²) in [6, 6.07) is 7.53. The lowest BCUT2D eigenvalue weighted by molar-refractivity contribution is 0.235. The van der Waals surface area contributed by atoms with E-state index >= 15 is 0 Å². The minimum Gasteiger partial charge on any atom is -0.273 e. The van der Waals surface area contributed by atoms with Crippen molar-refractivity contribution in [1.82, 2.24) is 5.12 Å². The lowest BCUT2D eigenvalue weighted by Gasteiger charge is -2.20. The molecule has 13 heavy (non-hydrogen) atoms. The van der Waals surface area contributed by atoms with Gasteiger partial charge in [0.1, 0.15) is 0 Å². The summed E-state index contributed by atoms with van der Waals surface area (Å²) in [5.74, 6) is 0. The lowest BCUT2D eigenvalue weighted by atomic mass is 10.2. The predicted molar refractivity (Wildman–Crippen MR) is 52.5 cm³/mol. The molecule has 0 saturated carbocycles. The topological polar surface area (TPSA) is 44.7 Å². The van der Waals surface area contributed by atoms with Crippen LogP contribution in [0.1, 0.15) is 5.56 Å². The number of hydrogen-bond donors (Lipinski definition) is 1. The van der Waals surface area contributed by atoms with Gasteiger partial charge in [0.05, 0.1) is 11.9 Å². The summed E-state index contributed by atoms with van der Waals surface area (Å²) in [7, 11) is 0. The van der Waals surface area contributed by atoms with E-state index in [-0.39, 0.29) is 0 Å². The van der Waals surface area contributed by atoms with Crippen LogP contribution >= 0.6 is 12.6 Å². The van der Waals surface area contributed by atoms with E-state index in [0.717, 1.165) is 16.4 Å². The van der Waals surface area contributed by atoms with E-state index in [1.54, 1.807) is 6.21 Å². The van der Waals surface area contributed by atoms with Crippen LogP contribution in [0.3, 0.4) is 0 Å². The van der Waals surface area contributed by atoms with Crippen molar-refractivity contribution in [3.05, 3.63) is 29.8 Å². The standard InChI is InChI=1S/C8H6N3OS/c12-8(13)11-9-5-6-3-1-2-4-7(6)10-11/h1-5,10H. The molecule has 1 N–H and O–H groups in total. The number of rotatable bonds is 0. The van der Waals surface area contributed by atoms with Crippen LogP contribution in [0.2, 0.25) is 0 Å². The monoisotopic (exact) mass is 192 g/mol. The zero-order valence-corrected chi connectivity index (χ0v) is 7.41. The normalized spacial score (nSPS) is 13.4. The van der Waals surface area contributed by atoms with E-state index < -0.39 is 5.24 Å². The molecule has 1 aromatic carbocycles. The first-order valence-electron chi connectivity index (χ1n) is 3.68. The molecule has 1 aliphatic heterocycles. The molecular weight excluding hydrogens is 186 g/mol. The van der Waals surface area contributed by atoms with Crippen LogP contribution in [-0.4, -0.2) is 16.6 Å². The number of benzene rings is 1. The highest BCUT2D eigenvalue weighted by Gasteiger charge is 2.14. The fraction of sp³-hybridized carbons (Fsp3) is 0. The summed E-state index contributed by atoms with van der Waals surface area (Å²) in [4.78, 5) is 10.8. The average molecular weight is 192 g/mol. The highest BCUT2D eigenvalue weighted by molar-refractivity contribution is 7.96. The second kappa shape index (κ2) is 3.02. The van der Waals surface area contributed by atoms with Crippen LogP contribution in [0, 0.1) is 0 Å². The molecule has 5 heteroatoms. The number of hydrazine groups is 1. The SMILES string of the molecule is O=C([S])N1N=Cc2ccccc2N1. The molecule has 0 atom stereocenters. The number of nitrogens with one attached hydrogen (secondary N) is 1. The van der Waals surface area contributed by atoms with Crippen LogP contribution in [0.25, 0.3) is 0 Å². The number of carbonyl (C=O) groups excluding carboxylic acids is 1. The first-order chi connectivity index (χ1) is 6.27. The Bertz CT molecular complexity index is 377. The predicted octanol–water partition coefficient (Wildman–Crippen LogP) is 1.98. The summed E-state index contributed by atoms with van der Waals surface area (Å²) in [6.07, 6.45) is 1.59. The third-order valence-corrected chi connectivity index (χ3v) is 1.85. The number of hydrazone groups is 1. The molecular formula is C8H6N3OS. The molecule has 0 saturated heterocycles. The first kappa shape index (κ1) is 8.00. The minimum absolute atomic E-state index is 0.550. The quantitative estimate of drug-likeness (QED) is 0.683. The van der Waals surface area contributed by atoms with Crippen molar-refractivity contribution in [2.45, 2.75) is 0 Å². The molecule has 1 amide bonds. The van der Waals surface area contributed by atoms with E-state index in [0.29, 0.717) is 0 Å². The molecule has 1 heterocycles. The summed E-state index contributed by atoms with van der Waals surface area (Å²) in [5, 5.41) is 4.29. The minimum atomic E-state index is -0.550. The van der Waals surface area contributed by atoms with Gasteiger partial charge in [-0.15, -0.1) is 5.12 Å². The maximum absolute atomic E-state index is 10.8. The van der Waals surface area contributed by atoms with E-state index in [2.05, 4.69) is 23.2 Å². The van der Waals surface area contributed by atoms with Gasteiger partial charge >= 0.3 is 5.24 Å². The second-order valence-corrected chi connectivity index (χ2v) is 2.87. The Balaban J connectivity index is 2.34. The highest BCUT2D eigenvalue weighted by Crippen LogP contribution is 2.18. The molecule has 1 aliphatic rings. The number of hydrogen-bond acceptors (Lipinski definition) is 3. The van der Waals surface area contributed by atoms with Gasteiger partial charge in [-0.1, -0.05) is 18.2 Å². The Morgan fingerprint density at radius 2 is 2.23 bits per heavy atom. The zero-order valence-electron chi connectivity index (χ0n) is 6.60. The van der Waals surface area contributed by atoms with E-state index in [9.17, 15) is 4.79 Å². The van der Waals surface area contributed by atoms with Crippen molar-refractivity contribution in [1.29, 1.82) is 0 Å². The molecule has 0 bridgehead atoms. The van der Waals surface area contributed by atoms with Crippen molar-refractivity contribution in [3.63, 3.8) is 0 Å². The van der Waals surface area contributed by atoms with Gasteiger partial charge in [-0.2, -0.15) is 5.10 Å². The first-order valence-corrected chi connectivity index (χ1v) is 4.09. The van der Waals surface area contributed by atoms with Gasteiger partial charge in [-0.3, -0.25) is 10.2 Å². The Hall–Kier alpha value is -1.62. The van der Waals surface area contributed by atoms with Crippen LogP contribution in [-0.2, 0) is 0 Å². The van der Waals surface area contributed by atoms with Crippen LogP contribution in [0.4, 0.5) is 10.5 Å². The molecule has 0 spiro atoms. The van der Waals surface area contributed by atoms with Gasteiger partial charge in [0, 0.05) is 5.56 Å². The molecule has 1 aromatic rings. The Labute approximate surface area is 80.6 Å². The average Bonchev–Trinajstić information content (AvgIpc) is 2.17. The molecule has 4 nitrogen and oxygen atoms in total. The van der Waals surface area contributed by atoms with E-state index in [4.69, 9.17) is 0 Å². The van der Waals surface area contributed by atoms with Gasteiger partial charge in [0.25, 0.3) is 0 Å². The number of carbonyl (C=O) groups is 1. The Morgan fingerprint density at radius 1 is 1.46 bits per heavy atom. The third-order valence-electron chi connectivity index (χ3n) is 1.67. The van der Waals surface area contributed by atoms with E-state index in [1.807, 2.05) is 24.3 Å². The maximum atomic E-state index is 10.8. The van der Waals surface area contributed by atoms with Crippen molar-refractivity contribution in [3.8, 4) is 0 Å². The highest BCUT2D eigenvalue weighted by atomic mass is 32.1. The fourth-order valence-electron chi connectivity index (χ4n) is 1.07. The summed E-state index contributed by atoms with van der Waals surface area (Å²) in [6.45, 7) is 0. The molecule has 0 aromatic heterocycles. The van der Waals surface area contributed by atoms with Gasteiger partial charge in [-0.25, -0.2) is 0 Å². The molecule has 2 rings (SSSR count). The molecule has 0 aliphatic carbocycles.